The lowest BCUT2D eigenvalue weighted by Crippen LogP contribution is -2.34. The second-order valence-corrected chi connectivity index (χ2v) is 7.26. The number of likely N-dealkylation sites (tertiary alicyclic amines) is 1. The van der Waals surface area contributed by atoms with Crippen molar-refractivity contribution in [1.82, 2.24) is 10.1 Å². The highest BCUT2D eigenvalue weighted by atomic mass is 19.1. The minimum Gasteiger partial charge on any atom is -0.356 e. The third-order valence-corrected chi connectivity index (χ3v) is 5.76. The summed E-state index contributed by atoms with van der Waals surface area (Å²) in [4.78, 5) is 2.59. The van der Waals surface area contributed by atoms with Crippen molar-refractivity contribution in [3.63, 3.8) is 0 Å². The Bertz CT molecular complexity index is 654. The molecule has 3 nitrogen and oxygen atoms in total. The fraction of sp³-hybridized carbons (Fsp3) is 0.632. The predicted octanol–water partition coefficient (Wildman–Crippen LogP) is 4.73. The number of nitrogens with zero attached hydrogens (tertiary/aromatic N) is 2. The molecule has 1 aromatic carbocycles. The first-order valence-corrected chi connectivity index (χ1v) is 9.07. The van der Waals surface area contributed by atoms with E-state index < -0.39 is 0 Å². The number of piperidine rings is 1. The molecule has 2 aromatic rings. The standard InChI is InChI=1S/C19H25FN2O/c20-16-5-6-18-17(13-16)19(21-23-18)15-8-11-22(12-9-15)10-7-14-3-1-2-4-14/h5-6,13-15H,1-4,7-12H2. The molecule has 0 unspecified atom stereocenters. The van der Waals surface area contributed by atoms with Crippen molar-refractivity contribution < 1.29 is 8.91 Å². The van der Waals surface area contributed by atoms with Gasteiger partial charge in [-0.2, -0.15) is 0 Å². The summed E-state index contributed by atoms with van der Waals surface area (Å²) >= 11 is 0. The second kappa shape index (κ2) is 6.60. The highest BCUT2D eigenvalue weighted by Crippen LogP contribution is 2.33. The van der Waals surface area contributed by atoms with Crippen molar-refractivity contribution in [3.05, 3.63) is 29.7 Å². The van der Waals surface area contributed by atoms with Gasteiger partial charge < -0.3 is 9.42 Å². The summed E-state index contributed by atoms with van der Waals surface area (Å²) in [7, 11) is 0. The van der Waals surface area contributed by atoms with Crippen LogP contribution in [0.1, 0.15) is 56.6 Å². The lowest BCUT2D eigenvalue weighted by molar-refractivity contribution is 0.196. The Morgan fingerprint density at radius 2 is 1.91 bits per heavy atom. The molecule has 23 heavy (non-hydrogen) atoms. The molecule has 1 aliphatic heterocycles. The smallest absolute Gasteiger partial charge is 0.167 e. The van der Waals surface area contributed by atoms with Crippen molar-refractivity contribution >= 4 is 11.0 Å². The maximum absolute atomic E-state index is 13.5. The van der Waals surface area contributed by atoms with Gasteiger partial charge in [0, 0.05) is 11.3 Å². The van der Waals surface area contributed by atoms with Crippen LogP contribution in [0.3, 0.4) is 0 Å². The Hall–Kier alpha value is -1.42. The average molecular weight is 316 g/mol. The number of hydrogen-bond acceptors (Lipinski definition) is 3. The molecule has 2 fully saturated rings. The van der Waals surface area contributed by atoms with Crippen LogP contribution in [-0.2, 0) is 0 Å². The molecular formula is C19H25FN2O. The summed E-state index contributed by atoms with van der Waals surface area (Å²) in [5, 5.41) is 5.09. The van der Waals surface area contributed by atoms with Gasteiger partial charge in [-0.25, -0.2) is 4.39 Å². The molecule has 2 aliphatic rings. The zero-order valence-electron chi connectivity index (χ0n) is 13.6. The van der Waals surface area contributed by atoms with Crippen LogP contribution in [0, 0.1) is 11.7 Å². The molecule has 0 atom stereocenters. The zero-order chi connectivity index (χ0) is 15.6. The topological polar surface area (TPSA) is 29.3 Å². The molecule has 0 bridgehead atoms. The minimum atomic E-state index is -0.212. The number of fused-ring (bicyclic) bond motifs is 1. The minimum absolute atomic E-state index is 0.212. The maximum atomic E-state index is 13.5. The number of aromatic nitrogens is 1. The molecule has 2 heterocycles. The molecule has 4 heteroatoms. The molecule has 124 valence electrons. The van der Waals surface area contributed by atoms with Gasteiger partial charge in [0.05, 0.1) is 5.69 Å². The summed E-state index contributed by atoms with van der Waals surface area (Å²) in [6.07, 6.45) is 9.30. The highest BCUT2D eigenvalue weighted by molar-refractivity contribution is 5.79. The van der Waals surface area contributed by atoms with Crippen molar-refractivity contribution in [2.24, 2.45) is 5.92 Å². The molecule has 1 saturated heterocycles. The summed E-state index contributed by atoms with van der Waals surface area (Å²) in [6, 6.07) is 4.68. The van der Waals surface area contributed by atoms with Crippen LogP contribution >= 0.6 is 0 Å². The number of benzene rings is 1. The normalized spacial score (nSPS) is 21.4. The van der Waals surface area contributed by atoms with E-state index in [0.29, 0.717) is 11.5 Å². The van der Waals surface area contributed by atoms with E-state index in [9.17, 15) is 4.39 Å². The van der Waals surface area contributed by atoms with Gasteiger partial charge in [0.15, 0.2) is 5.58 Å². The van der Waals surface area contributed by atoms with Crippen LogP contribution in [0.4, 0.5) is 4.39 Å². The molecular weight excluding hydrogens is 291 g/mol. The molecule has 1 aliphatic carbocycles. The molecule has 0 spiro atoms. The lowest BCUT2D eigenvalue weighted by Gasteiger charge is -2.31. The molecule has 0 radical (unpaired) electrons. The van der Waals surface area contributed by atoms with Gasteiger partial charge in [-0.05, 0) is 63.0 Å². The van der Waals surface area contributed by atoms with E-state index >= 15 is 0 Å². The fourth-order valence-corrected chi connectivity index (χ4v) is 4.32. The average Bonchev–Trinajstić information content (AvgIpc) is 3.22. The van der Waals surface area contributed by atoms with Gasteiger partial charge in [-0.3, -0.25) is 0 Å². The predicted molar refractivity (Wildman–Crippen MR) is 89.0 cm³/mol. The van der Waals surface area contributed by atoms with Gasteiger partial charge in [0.1, 0.15) is 5.82 Å². The fourth-order valence-electron chi connectivity index (χ4n) is 4.32. The van der Waals surface area contributed by atoms with E-state index in [0.717, 1.165) is 42.9 Å². The molecule has 0 amide bonds. The van der Waals surface area contributed by atoms with Crippen LogP contribution in [0.15, 0.2) is 22.7 Å². The summed E-state index contributed by atoms with van der Waals surface area (Å²) in [6.45, 7) is 3.49. The maximum Gasteiger partial charge on any atom is 0.167 e. The molecule has 1 saturated carbocycles. The third kappa shape index (κ3) is 3.27. The van der Waals surface area contributed by atoms with Gasteiger partial charge in [-0.1, -0.05) is 30.8 Å². The van der Waals surface area contributed by atoms with Crippen LogP contribution in [0.2, 0.25) is 0 Å². The van der Waals surface area contributed by atoms with E-state index in [1.54, 1.807) is 12.1 Å². The summed E-state index contributed by atoms with van der Waals surface area (Å²) < 4.78 is 18.9. The van der Waals surface area contributed by atoms with Gasteiger partial charge >= 0.3 is 0 Å². The van der Waals surface area contributed by atoms with Crippen LogP contribution in [0.25, 0.3) is 11.0 Å². The molecule has 4 rings (SSSR count). The quantitative estimate of drug-likeness (QED) is 0.817. The first-order valence-electron chi connectivity index (χ1n) is 9.07. The van der Waals surface area contributed by atoms with Crippen molar-refractivity contribution in [2.75, 3.05) is 19.6 Å². The van der Waals surface area contributed by atoms with Gasteiger partial charge in [0.2, 0.25) is 0 Å². The first-order chi connectivity index (χ1) is 11.3. The van der Waals surface area contributed by atoms with E-state index in [1.165, 1.54) is 44.7 Å². The van der Waals surface area contributed by atoms with Gasteiger partial charge in [0.25, 0.3) is 0 Å². The van der Waals surface area contributed by atoms with Crippen LogP contribution in [-0.4, -0.2) is 29.7 Å². The summed E-state index contributed by atoms with van der Waals surface area (Å²) in [5.41, 5.74) is 1.65. The van der Waals surface area contributed by atoms with E-state index in [-0.39, 0.29) is 5.82 Å². The first kappa shape index (κ1) is 15.1. The number of hydrogen-bond donors (Lipinski definition) is 0. The second-order valence-electron chi connectivity index (χ2n) is 7.26. The Morgan fingerprint density at radius 1 is 1.13 bits per heavy atom. The van der Waals surface area contributed by atoms with Crippen molar-refractivity contribution in [1.29, 1.82) is 0 Å². The van der Waals surface area contributed by atoms with Crippen molar-refractivity contribution in [3.8, 4) is 0 Å². The Balaban J connectivity index is 1.36. The largest absolute Gasteiger partial charge is 0.356 e. The number of rotatable bonds is 4. The monoisotopic (exact) mass is 316 g/mol. The van der Waals surface area contributed by atoms with Crippen LogP contribution < -0.4 is 0 Å². The number of halogens is 1. The lowest BCUT2D eigenvalue weighted by atomic mass is 9.91. The van der Waals surface area contributed by atoms with E-state index in [4.69, 9.17) is 4.52 Å². The SMILES string of the molecule is Fc1ccc2onc(C3CCN(CCC4CCCC4)CC3)c2c1. The zero-order valence-corrected chi connectivity index (χ0v) is 13.6. The van der Waals surface area contributed by atoms with Gasteiger partial charge in [-0.15, -0.1) is 0 Å². The Kier molecular flexibility index (Phi) is 4.34. The Labute approximate surface area is 136 Å². The van der Waals surface area contributed by atoms with Crippen molar-refractivity contribution in [2.45, 2.75) is 50.9 Å². The van der Waals surface area contributed by atoms with Crippen LogP contribution in [0.5, 0.6) is 0 Å². The van der Waals surface area contributed by atoms with E-state index in [1.807, 2.05) is 0 Å². The van der Waals surface area contributed by atoms with E-state index in [2.05, 4.69) is 10.1 Å². The molecule has 0 N–H and O–H groups in total. The molecule has 1 aromatic heterocycles. The Morgan fingerprint density at radius 3 is 2.70 bits per heavy atom. The summed E-state index contributed by atoms with van der Waals surface area (Å²) in [5.74, 6) is 1.16. The third-order valence-electron chi connectivity index (χ3n) is 5.76. The highest BCUT2D eigenvalue weighted by Gasteiger charge is 2.25.